The van der Waals surface area contributed by atoms with Crippen molar-refractivity contribution in [2.45, 2.75) is 24.9 Å². The van der Waals surface area contributed by atoms with Gasteiger partial charge in [0.1, 0.15) is 5.76 Å². The average molecular weight is 233 g/mol. The number of aromatic nitrogens is 1. The van der Waals surface area contributed by atoms with Gasteiger partial charge in [-0.1, -0.05) is 35.5 Å². The first-order valence-corrected chi connectivity index (χ1v) is 6.39. The van der Waals surface area contributed by atoms with Crippen LogP contribution in [0.3, 0.4) is 0 Å². The summed E-state index contributed by atoms with van der Waals surface area (Å²) >= 11 is 1.87. The molecular formula is C13H15NOS. The lowest BCUT2D eigenvalue weighted by Crippen LogP contribution is -1.89. The van der Waals surface area contributed by atoms with E-state index in [1.807, 2.05) is 30.8 Å². The van der Waals surface area contributed by atoms with Crippen LogP contribution < -0.4 is 0 Å². The third-order valence-corrected chi connectivity index (χ3v) is 3.66. The summed E-state index contributed by atoms with van der Waals surface area (Å²) in [5.74, 6) is 1.77. The molecule has 0 bridgehead atoms. The molecule has 0 amide bonds. The molecular weight excluding hydrogens is 218 g/mol. The topological polar surface area (TPSA) is 26.0 Å². The molecule has 1 heterocycles. The molecule has 1 aromatic carbocycles. The molecule has 0 radical (unpaired) electrons. The molecule has 84 valence electrons. The number of nitrogens with zero attached hydrogens (tertiary/aromatic N) is 1. The van der Waals surface area contributed by atoms with Gasteiger partial charge in [0.2, 0.25) is 0 Å². The Bertz CT molecular complexity index is 438. The van der Waals surface area contributed by atoms with Crippen molar-refractivity contribution in [3.63, 3.8) is 0 Å². The zero-order chi connectivity index (χ0) is 11.4. The number of benzene rings is 1. The minimum Gasteiger partial charge on any atom is -0.361 e. The van der Waals surface area contributed by atoms with Gasteiger partial charge in [-0.05, 0) is 19.4 Å². The molecule has 1 aromatic heterocycles. The van der Waals surface area contributed by atoms with Crippen molar-refractivity contribution in [1.82, 2.24) is 5.16 Å². The molecule has 0 aliphatic carbocycles. The molecule has 0 aliphatic rings. The highest BCUT2D eigenvalue weighted by atomic mass is 32.2. The van der Waals surface area contributed by atoms with Gasteiger partial charge >= 0.3 is 0 Å². The van der Waals surface area contributed by atoms with E-state index in [1.165, 1.54) is 5.56 Å². The van der Waals surface area contributed by atoms with Gasteiger partial charge < -0.3 is 4.52 Å². The molecule has 2 aromatic rings. The molecule has 2 rings (SSSR count). The SMILES string of the molecule is Cc1cc(CSC(C)c2ccccc2)no1. The van der Waals surface area contributed by atoms with Crippen molar-refractivity contribution in [2.75, 3.05) is 0 Å². The van der Waals surface area contributed by atoms with Crippen molar-refractivity contribution in [2.24, 2.45) is 0 Å². The third kappa shape index (κ3) is 2.89. The number of hydrogen-bond donors (Lipinski definition) is 0. The summed E-state index contributed by atoms with van der Waals surface area (Å²) in [7, 11) is 0. The minimum atomic E-state index is 0.484. The largest absolute Gasteiger partial charge is 0.361 e. The number of thioether (sulfide) groups is 1. The van der Waals surface area contributed by atoms with Crippen molar-refractivity contribution < 1.29 is 4.52 Å². The monoisotopic (exact) mass is 233 g/mol. The van der Waals surface area contributed by atoms with Crippen LogP contribution in [-0.2, 0) is 5.75 Å². The van der Waals surface area contributed by atoms with Crippen LogP contribution >= 0.6 is 11.8 Å². The molecule has 2 nitrogen and oxygen atoms in total. The van der Waals surface area contributed by atoms with Crippen molar-refractivity contribution in [3.05, 3.63) is 53.4 Å². The first-order valence-electron chi connectivity index (χ1n) is 5.34. The molecule has 0 fully saturated rings. The summed E-state index contributed by atoms with van der Waals surface area (Å²) in [6, 6.07) is 12.5. The lowest BCUT2D eigenvalue weighted by molar-refractivity contribution is 0.393. The fourth-order valence-electron chi connectivity index (χ4n) is 1.52. The molecule has 0 aliphatic heterocycles. The molecule has 3 heteroatoms. The van der Waals surface area contributed by atoms with Crippen LogP contribution in [0.15, 0.2) is 40.9 Å². The van der Waals surface area contributed by atoms with Gasteiger partial charge in [-0.2, -0.15) is 0 Å². The van der Waals surface area contributed by atoms with E-state index in [9.17, 15) is 0 Å². The van der Waals surface area contributed by atoms with Crippen LogP contribution in [0, 0.1) is 6.92 Å². The first kappa shape index (κ1) is 11.3. The van der Waals surface area contributed by atoms with Gasteiger partial charge in [-0.3, -0.25) is 0 Å². The summed E-state index contributed by atoms with van der Waals surface area (Å²) in [4.78, 5) is 0. The Kier molecular flexibility index (Phi) is 3.67. The van der Waals surface area contributed by atoms with Crippen LogP contribution in [0.25, 0.3) is 0 Å². The maximum atomic E-state index is 5.04. The summed E-state index contributed by atoms with van der Waals surface area (Å²) in [5.41, 5.74) is 2.37. The lowest BCUT2D eigenvalue weighted by Gasteiger charge is -2.09. The van der Waals surface area contributed by atoms with E-state index < -0.39 is 0 Å². The number of rotatable bonds is 4. The van der Waals surface area contributed by atoms with Crippen LogP contribution in [0.2, 0.25) is 0 Å². The Morgan fingerprint density at radius 3 is 2.69 bits per heavy atom. The smallest absolute Gasteiger partial charge is 0.133 e. The Balaban J connectivity index is 1.91. The summed E-state index contributed by atoms with van der Waals surface area (Å²) in [6.45, 7) is 4.13. The van der Waals surface area contributed by atoms with E-state index in [-0.39, 0.29) is 0 Å². The van der Waals surface area contributed by atoms with Crippen molar-refractivity contribution in [3.8, 4) is 0 Å². The summed E-state index contributed by atoms with van der Waals surface area (Å²) < 4.78 is 5.04. The average Bonchev–Trinajstić information content (AvgIpc) is 2.73. The second-order valence-electron chi connectivity index (χ2n) is 3.79. The minimum absolute atomic E-state index is 0.484. The van der Waals surface area contributed by atoms with Crippen molar-refractivity contribution >= 4 is 11.8 Å². The molecule has 1 atom stereocenters. The Morgan fingerprint density at radius 1 is 1.31 bits per heavy atom. The second-order valence-corrected chi connectivity index (χ2v) is 5.12. The van der Waals surface area contributed by atoms with Crippen molar-refractivity contribution in [1.29, 1.82) is 0 Å². The quantitative estimate of drug-likeness (QED) is 0.799. The van der Waals surface area contributed by atoms with Gasteiger partial charge in [0, 0.05) is 17.1 Å². The van der Waals surface area contributed by atoms with E-state index in [4.69, 9.17) is 4.52 Å². The number of aryl methyl sites for hydroxylation is 1. The number of hydrogen-bond acceptors (Lipinski definition) is 3. The Hall–Kier alpha value is -1.22. The van der Waals surface area contributed by atoms with Gasteiger partial charge in [0.25, 0.3) is 0 Å². The fourth-order valence-corrected chi connectivity index (χ4v) is 2.42. The normalized spacial score (nSPS) is 12.6. The van der Waals surface area contributed by atoms with Crippen LogP contribution in [-0.4, -0.2) is 5.16 Å². The van der Waals surface area contributed by atoms with E-state index in [0.717, 1.165) is 17.2 Å². The summed E-state index contributed by atoms with van der Waals surface area (Å²) in [6.07, 6.45) is 0. The standard InChI is InChI=1S/C13H15NOS/c1-10-8-13(14-15-10)9-16-11(2)12-6-4-3-5-7-12/h3-8,11H,9H2,1-2H3. The van der Waals surface area contributed by atoms with Crippen LogP contribution in [0.1, 0.15) is 29.2 Å². The zero-order valence-corrected chi connectivity index (χ0v) is 10.3. The maximum Gasteiger partial charge on any atom is 0.133 e. The predicted octanol–water partition coefficient (Wildman–Crippen LogP) is 3.98. The van der Waals surface area contributed by atoms with E-state index >= 15 is 0 Å². The highest BCUT2D eigenvalue weighted by Crippen LogP contribution is 2.30. The Labute approximate surface area is 100 Å². The predicted molar refractivity (Wildman–Crippen MR) is 67.4 cm³/mol. The summed E-state index contributed by atoms with van der Waals surface area (Å²) in [5, 5.41) is 4.47. The molecule has 1 unspecified atom stereocenters. The third-order valence-electron chi connectivity index (χ3n) is 2.43. The first-order chi connectivity index (χ1) is 7.75. The maximum absolute atomic E-state index is 5.04. The molecule has 0 spiro atoms. The second kappa shape index (κ2) is 5.21. The van der Waals surface area contributed by atoms with Gasteiger partial charge in [0.05, 0.1) is 5.69 Å². The molecule has 0 saturated heterocycles. The van der Waals surface area contributed by atoms with Crippen LogP contribution in [0.5, 0.6) is 0 Å². The van der Waals surface area contributed by atoms with Gasteiger partial charge in [-0.15, -0.1) is 11.8 Å². The van der Waals surface area contributed by atoms with E-state index in [0.29, 0.717) is 5.25 Å². The van der Waals surface area contributed by atoms with Gasteiger partial charge in [-0.25, -0.2) is 0 Å². The van der Waals surface area contributed by atoms with Gasteiger partial charge in [0.15, 0.2) is 0 Å². The van der Waals surface area contributed by atoms with Crippen LogP contribution in [0.4, 0.5) is 0 Å². The lowest BCUT2D eigenvalue weighted by atomic mass is 10.2. The Morgan fingerprint density at radius 2 is 2.06 bits per heavy atom. The highest BCUT2D eigenvalue weighted by Gasteiger charge is 2.07. The van der Waals surface area contributed by atoms with E-state index in [2.05, 4.69) is 36.3 Å². The molecule has 16 heavy (non-hydrogen) atoms. The fraction of sp³-hybridized carbons (Fsp3) is 0.308. The van der Waals surface area contributed by atoms with E-state index in [1.54, 1.807) is 0 Å². The highest BCUT2D eigenvalue weighted by molar-refractivity contribution is 7.98. The molecule has 0 N–H and O–H groups in total. The molecule has 0 saturated carbocycles. The zero-order valence-electron chi connectivity index (χ0n) is 9.51.